The van der Waals surface area contributed by atoms with E-state index in [0.29, 0.717) is 29.6 Å². The summed E-state index contributed by atoms with van der Waals surface area (Å²) in [6, 6.07) is 0. The lowest BCUT2D eigenvalue weighted by Crippen LogP contribution is -2.58. The summed E-state index contributed by atoms with van der Waals surface area (Å²) in [5, 5.41) is 30.6. The molecule has 0 heterocycles. The average molecular weight is 391 g/mol. The lowest BCUT2D eigenvalue weighted by Gasteiger charge is -2.62. The van der Waals surface area contributed by atoms with Crippen LogP contribution >= 0.6 is 0 Å². The standard InChI is InChI=1S/C24H38O4/c1-14(4-9-22(27)28)18-7-8-19-17-6-5-15-12-16(25)10-11-23(15,2)20(17)13-21(26)24(18,19)3/h4,9,14-21,25-26H,5-8,10-13H2,1-3H3,(H,27,28)/b9-4+/t14-,15?,16-,17+,18-,19+,20+,21+,23+,24-/m1/s1. The molecular weight excluding hydrogens is 352 g/mol. The summed E-state index contributed by atoms with van der Waals surface area (Å²) in [6.07, 6.45) is 11.2. The molecule has 0 amide bonds. The van der Waals surface area contributed by atoms with E-state index in [0.717, 1.165) is 38.5 Å². The number of aliphatic hydroxyl groups excluding tert-OH is 2. The topological polar surface area (TPSA) is 77.8 Å². The van der Waals surface area contributed by atoms with Gasteiger partial charge >= 0.3 is 5.97 Å². The molecule has 4 nitrogen and oxygen atoms in total. The first-order valence-electron chi connectivity index (χ1n) is 11.4. The highest BCUT2D eigenvalue weighted by Gasteiger charge is 2.63. The Kier molecular flexibility index (Phi) is 5.19. The first-order valence-corrected chi connectivity index (χ1v) is 11.4. The molecule has 0 aromatic carbocycles. The maximum atomic E-state index is 11.4. The van der Waals surface area contributed by atoms with Gasteiger partial charge in [-0.25, -0.2) is 4.79 Å². The highest BCUT2D eigenvalue weighted by atomic mass is 16.4. The maximum Gasteiger partial charge on any atom is 0.327 e. The summed E-state index contributed by atoms with van der Waals surface area (Å²) >= 11 is 0. The summed E-state index contributed by atoms with van der Waals surface area (Å²) in [5.74, 6) is 2.01. The Morgan fingerprint density at radius 2 is 1.79 bits per heavy atom. The molecule has 0 aliphatic heterocycles. The monoisotopic (exact) mass is 390 g/mol. The van der Waals surface area contributed by atoms with E-state index in [9.17, 15) is 15.0 Å². The number of aliphatic hydroxyl groups is 2. The van der Waals surface area contributed by atoms with Crippen LogP contribution in [0, 0.1) is 46.3 Å². The van der Waals surface area contributed by atoms with E-state index in [4.69, 9.17) is 5.11 Å². The minimum absolute atomic E-state index is 0.110. The van der Waals surface area contributed by atoms with Crippen LogP contribution in [-0.4, -0.2) is 33.5 Å². The lowest BCUT2D eigenvalue weighted by molar-refractivity contribution is -0.173. The van der Waals surface area contributed by atoms with E-state index in [2.05, 4.69) is 20.8 Å². The van der Waals surface area contributed by atoms with Crippen LogP contribution in [0.5, 0.6) is 0 Å². The Labute approximate surface area is 169 Å². The third-order valence-electron chi connectivity index (χ3n) is 9.99. The van der Waals surface area contributed by atoms with Crippen LogP contribution in [0.2, 0.25) is 0 Å². The van der Waals surface area contributed by atoms with Crippen molar-refractivity contribution < 1.29 is 20.1 Å². The maximum absolute atomic E-state index is 11.4. The van der Waals surface area contributed by atoms with Crippen molar-refractivity contribution in [1.29, 1.82) is 0 Å². The molecule has 0 aromatic rings. The fourth-order valence-electron chi connectivity index (χ4n) is 8.46. The molecule has 4 rings (SSSR count). The number of hydrogen-bond acceptors (Lipinski definition) is 3. The third kappa shape index (κ3) is 2.98. The summed E-state index contributed by atoms with van der Waals surface area (Å²) in [6.45, 7) is 6.86. The largest absolute Gasteiger partial charge is 0.478 e. The Hall–Kier alpha value is -0.870. The zero-order chi connectivity index (χ0) is 20.3. The van der Waals surface area contributed by atoms with E-state index in [1.54, 1.807) is 0 Å². The van der Waals surface area contributed by atoms with Gasteiger partial charge in [0.25, 0.3) is 0 Å². The van der Waals surface area contributed by atoms with Gasteiger partial charge in [0.2, 0.25) is 0 Å². The number of allylic oxidation sites excluding steroid dienone is 1. The van der Waals surface area contributed by atoms with Crippen molar-refractivity contribution >= 4 is 5.97 Å². The van der Waals surface area contributed by atoms with Crippen molar-refractivity contribution in [2.45, 2.75) is 84.3 Å². The van der Waals surface area contributed by atoms with E-state index in [-0.39, 0.29) is 29.0 Å². The van der Waals surface area contributed by atoms with E-state index in [1.165, 1.54) is 18.9 Å². The van der Waals surface area contributed by atoms with Crippen LogP contribution in [0.25, 0.3) is 0 Å². The van der Waals surface area contributed by atoms with Crippen LogP contribution in [-0.2, 0) is 4.79 Å². The van der Waals surface area contributed by atoms with Gasteiger partial charge in [-0.2, -0.15) is 0 Å². The normalized spacial score (nSPS) is 52.0. The Bertz CT molecular complexity index is 645. The summed E-state index contributed by atoms with van der Waals surface area (Å²) < 4.78 is 0. The molecule has 4 heteroatoms. The fraction of sp³-hybridized carbons (Fsp3) is 0.875. The number of carbonyl (C=O) groups is 1. The SMILES string of the molecule is C[C@H](/C=C/C(=O)O)[C@H]1CC[C@H]2[C@@H]3CCC4C[C@H](O)CC[C@]4(C)[C@H]3C[C@H](O)[C@]12C. The molecule has 0 radical (unpaired) electrons. The van der Waals surface area contributed by atoms with E-state index < -0.39 is 5.97 Å². The molecule has 10 atom stereocenters. The van der Waals surface area contributed by atoms with Crippen molar-refractivity contribution in [2.24, 2.45) is 46.3 Å². The molecule has 4 fully saturated rings. The zero-order valence-electron chi connectivity index (χ0n) is 17.7. The molecule has 4 saturated carbocycles. The zero-order valence-corrected chi connectivity index (χ0v) is 17.7. The Morgan fingerprint density at radius 1 is 1.04 bits per heavy atom. The van der Waals surface area contributed by atoms with Gasteiger partial charge < -0.3 is 15.3 Å². The van der Waals surface area contributed by atoms with Crippen molar-refractivity contribution in [3.8, 4) is 0 Å². The Balaban J connectivity index is 1.60. The van der Waals surface area contributed by atoms with Crippen LogP contribution in [0.1, 0.15) is 72.1 Å². The molecule has 28 heavy (non-hydrogen) atoms. The number of carboxylic acid groups (broad SMARTS) is 1. The second-order valence-corrected chi connectivity index (χ2v) is 10.9. The minimum atomic E-state index is -0.887. The minimum Gasteiger partial charge on any atom is -0.478 e. The molecular formula is C24H38O4. The van der Waals surface area contributed by atoms with Crippen LogP contribution in [0.15, 0.2) is 12.2 Å². The number of rotatable bonds is 3. The molecule has 0 bridgehead atoms. The second-order valence-electron chi connectivity index (χ2n) is 10.9. The van der Waals surface area contributed by atoms with Gasteiger partial charge in [-0.15, -0.1) is 0 Å². The fourth-order valence-corrected chi connectivity index (χ4v) is 8.46. The van der Waals surface area contributed by atoms with Crippen LogP contribution < -0.4 is 0 Å². The molecule has 3 N–H and O–H groups in total. The number of hydrogen-bond donors (Lipinski definition) is 3. The molecule has 0 saturated heterocycles. The third-order valence-corrected chi connectivity index (χ3v) is 9.99. The van der Waals surface area contributed by atoms with E-state index >= 15 is 0 Å². The highest BCUT2D eigenvalue weighted by molar-refractivity contribution is 5.79. The van der Waals surface area contributed by atoms with Gasteiger partial charge in [-0.3, -0.25) is 0 Å². The average Bonchev–Trinajstić information content (AvgIpc) is 3.00. The van der Waals surface area contributed by atoms with Gasteiger partial charge in [0, 0.05) is 6.08 Å². The van der Waals surface area contributed by atoms with Crippen LogP contribution in [0.3, 0.4) is 0 Å². The highest BCUT2D eigenvalue weighted by Crippen LogP contribution is 2.68. The summed E-state index contributed by atoms with van der Waals surface area (Å²) in [5.41, 5.74) is 0.151. The lowest BCUT2D eigenvalue weighted by atomic mass is 9.43. The second kappa shape index (κ2) is 7.12. The van der Waals surface area contributed by atoms with Crippen molar-refractivity contribution in [3.63, 3.8) is 0 Å². The molecule has 1 unspecified atom stereocenters. The van der Waals surface area contributed by atoms with Crippen molar-refractivity contribution in [1.82, 2.24) is 0 Å². The van der Waals surface area contributed by atoms with Crippen molar-refractivity contribution in [3.05, 3.63) is 12.2 Å². The van der Waals surface area contributed by atoms with E-state index in [1.807, 2.05) is 6.08 Å². The molecule has 0 aromatic heterocycles. The molecule has 4 aliphatic rings. The van der Waals surface area contributed by atoms with Gasteiger partial charge in [0.1, 0.15) is 0 Å². The predicted octanol–water partition coefficient (Wildman–Crippen LogP) is 4.25. The van der Waals surface area contributed by atoms with Gasteiger partial charge in [0.15, 0.2) is 0 Å². The van der Waals surface area contributed by atoms with Crippen molar-refractivity contribution in [2.75, 3.05) is 0 Å². The summed E-state index contributed by atoms with van der Waals surface area (Å²) in [7, 11) is 0. The number of carboxylic acids is 1. The molecule has 4 aliphatic carbocycles. The number of aliphatic carboxylic acids is 1. The van der Waals surface area contributed by atoms with Gasteiger partial charge in [-0.05, 0) is 97.7 Å². The van der Waals surface area contributed by atoms with Gasteiger partial charge in [-0.1, -0.05) is 26.8 Å². The van der Waals surface area contributed by atoms with Gasteiger partial charge in [0.05, 0.1) is 12.2 Å². The number of fused-ring (bicyclic) bond motifs is 5. The Morgan fingerprint density at radius 3 is 2.50 bits per heavy atom. The first kappa shape index (κ1) is 20.4. The quantitative estimate of drug-likeness (QED) is 0.630. The first-order chi connectivity index (χ1) is 13.2. The summed E-state index contributed by atoms with van der Waals surface area (Å²) in [4.78, 5) is 11.0. The smallest absolute Gasteiger partial charge is 0.327 e. The van der Waals surface area contributed by atoms with Crippen LogP contribution in [0.4, 0.5) is 0 Å². The predicted molar refractivity (Wildman–Crippen MR) is 109 cm³/mol. The molecule has 0 spiro atoms. The molecule has 158 valence electrons.